The monoisotopic (exact) mass is 318 g/mol. The zero-order valence-corrected chi connectivity index (χ0v) is 13.7. The van der Waals surface area contributed by atoms with E-state index in [4.69, 9.17) is 4.74 Å². The van der Waals surface area contributed by atoms with Gasteiger partial charge in [0, 0.05) is 45.6 Å². The van der Waals surface area contributed by atoms with Crippen molar-refractivity contribution in [3.05, 3.63) is 59.7 Å². The highest BCUT2D eigenvalue weighted by Gasteiger charge is 2.12. The van der Waals surface area contributed by atoms with Crippen LogP contribution in [-0.2, 0) is 22.6 Å². The summed E-state index contributed by atoms with van der Waals surface area (Å²) in [4.78, 5) is 13.6. The van der Waals surface area contributed by atoms with Crippen LogP contribution in [0, 0.1) is 5.82 Å². The van der Waals surface area contributed by atoms with E-state index in [1.807, 2.05) is 29.0 Å². The van der Waals surface area contributed by atoms with E-state index >= 15 is 0 Å². The van der Waals surface area contributed by atoms with Crippen molar-refractivity contribution in [3.63, 3.8) is 0 Å². The third kappa shape index (κ3) is 5.21. The number of methoxy groups -OCH3 is 1. The summed E-state index contributed by atoms with van der Waals surface area (Å²) in [5.41, 5.74) is 1.93. The Hall–Kier alpha value is -2.14. The van der Waals surface area contributed by atoms with Crippen LogP contribution in [0.5, 0.6) is 0 Å². The normalized spacial score (nSPS) is 10.7. The predicted octanol–water partition coefficient (Wildman–Crippen LogP) is 3.06. The minimum atomic E-state index is -0.235. The van der Waals surface area contributed by atoms with Crippen molar-refractivity contribution in [3.8, 4) is 0 Å². The second-order valence-corrected chi connectivity index (χ2v) is 5.54. The van der Waals surface area contributed by atoms with Gasteiger partial charge in [0.05, 0.1) is 6.54 Å². The number of nitrogens with zero attached hydrogens (tertiary/aromatic N) is 2. The van der Waals surface area contributed by atoms with Gasteiger partial charge in [-0.3, -0.25) is 4.79 Å². The van der Waals surface area contributed by atoms with Crippen molar-refractivity contribution in [1.82, 2.24) is 9.47 Å². The molecule has 124 valence electrons. The Morgan fingerprint density at radius 2 is 2.13 bits per heavy atom. The average Bonchev–Trinajstić information content (AvgIpc) is 2.93. The summed E-state index contributed by atoms with van der Waals surface area (Å²) in [6.45, 7) is 4.00. The molecule has 0 aliphatic rings. The third-order valence-electron chi connectivity index (χ3n) is 3.74. The Morgan fingerprint density at radius 1 is 1.30 bits per heavy atom. The number of hydrogen-bond donors (Lipinski definition) is 0. The number of ether oxygens (including phenoxy) is 1. The molecule has 0 saturated carbocycles. The SMILES string of the molecule is COCCCN(Cc1cccn1Cc1cccc(F)c1)C(C)=O. The van der Waals surface area contributed by atoms with E-state index in [0.29, 0.717) is 26.2 Å². The van der Waals surface area contributed by atoms with E-state index in [9.17, 15) is 9.18 Å². The second kappa shape index (κ2) is 8.48. The number of carbonyl (C=O) groups excluding carboxylic acids is 1. The van der Waals surface area contributed by atoms with Gasteiger partial charge in [-0.2, -0.15) is 0 Å². The highest BCUT2D eigenvalue weighted by atomic mass is 19.1. The fourth-order valence-corrected chi connectivity index (χ4v) is 2.52. The van der Waals surface area contributed by atoms with Crippen molar-refractivity contribution in [2.24, 2.45) is 0 Å². The first-order valence-corrected chi connectivity index (χ1v) is 7.73. The third-order valence-corrected chi connectivity index (χ3v) is 3.74. The van der Waals surface area contributed by atoms with Crippen molar-refractivity contribution < 1.29 is 13.9 Å². The molecule has 0 spiro atoms. The van der Waals surface area contributed by atoms with Gasteiger partial charge in [-0.25, -0.2) is 4.39 Å². The van der Waals surface area contributed by atoms with Crippen LogP contribution >= 0.6 is 0 Å². The van der Waals surface area contributed by atoms with Crippen LogP contribution < -0.4 is 0 Å². The molecule has 1 heterocycles. The molecule has 0 unspecified atom stereocenters. The molecule has 5 heteroatoms. The fourth-order valence-electron chi connectivity index (χ4n) is 2.52. The summed E-state index contributed by atoms with van der Waals surface area (Å²) in [7, 11) is 1.66. The number of rotatable bonds is 8. The minimum absolute atomic E-state index is 0.0413. The lowest BCUT2D eigenvalue weighted by atomic mass is 10.2. The first-order valence-electron chi connectivity index (χ1n) is 7.73. The van der Waals surface area contributed by atoms with Crippen LogP contribution in [0.2, 0.25) is 0 Å². The molecule has 0 aliphatic carbocycles. The fraction of sp³-hybridized carbons (Fsp3) is 0.389. The maximum atomic E-state index is 13.3. The molecular formula is C18H23FN2O2. The minimum Gasteiger partial charge on any atom is -0.385 e. The van der Waals surface area contributed by atoms with E-state index in [0.717, 1.165) is 17.7 Å². The van der Waals surface area contributed by atoms with E-state index in [-0.39, 0.29) is 11.7 Å². The molecule has 0 bridgehead atoms. The molecule has 0 N–H and O–H groups in total. The molecule has 0 aliphatic heterocycles. The molecule has 2 rings (SSSR count). The number of amides is 1. The quantitative estimate of drug-likeness (QED) is 0.701. The Labute approximate surface area is 136 Å². The zero-order chi connectivity index (χ0) is 16.7. The van der Waals surface area contributed by atoms with Gasteiger partial charge in [-0.1, -0.05) is 12.1 Å². The molecular weight excluding hydrogens is 295 g/mol. The van der Waals surface area contributed by atoms with Gasteiger partial charge in [0.2, 0.25) is 5.91 Å². The number of carbonyl (C=O) groups is 1. The molecule has 23 heavy (non-hydrogen) atoms. The standard InChI is InChI=1S/C18H23FN2O2/c1-15(22)20(10-5-11-23-2)14-18-8-4-9-21(18)13-16-6-3-7-17(19)12-16/h3-4,6-9,12H,5,10-11,13-14H2,1-2H3. The predicted molar refractivity (Wildman–Crippen MR) is 87.5 cm³/mol. The summed E-state index contributed by atoms with van der Waals surface area (Å²) in [6.07, 6.45) is 2.76. The summed E-state index contributed by atoms with van der Waals surface area (Å²) in [6, 6.07) is 10.5. The molecule has 4 nitrogen and oxygen atoms in total. The number of halogens is 1. The van der Waals surface area contributed by atoms with Gasteiger partial charge >= 0.3 is 0 Å². The number of hydrogen-bond acceptors (Lipinski definition) is 2. The van der Waals surface area contributed by atoms with E-state index in [1.165, 1.54) is 12.1 Å². The van der Waals surface area contributed by atoms with Crippen LogP contribution in [0.3, 0.4) is 0 Å². The van der Waals surface area contributed by atoms with Crippen LogP contribution in [0.25, 0.3) is 0 Å². The summed E-state index contributed by atoms with van der Waals surface area (Å²) >= 11 is 0. The van der Waals surface area contributed by atoms with Crippen molar-refractivity contribution in [2.75, 3.05) is 20.3 Å². The maximum Gasteiger partial charge on any atom is 0.219 e. The zero-order valence-electron chi connectivity index (χ0n) is 13.7. The van der Waals surface area contributed by atoms with Crippen LogP contribution in [0.1, 0.15) is 24.6 Å². The first-order chi connectivity index (χ1) is 11.1. The van der Waals surface area contributed by atoms with Gasteiger partial charge in [0.1, 0.15) is 5.82 Å². The molecule has 1 aromatic carbocycles. The number of benzene rings is 1. The molecule has 2 aromatic rings. The molecule has 0 saturated heterocycles. The lowest BCUT2D eigenvalue weighted by Crippen LogP contribution is -2.30. The lowest BCUT2D eigenvalue weighted by molar-refractivity contribution is -0.129. The van der Waals surface area contributed by atoms with Gasteiger partial charge in [-0.15, -0.1) is 0 Å². The van der Waals surface area contributed by atoms with Gasteiger partial charge in [0.15, 0.2) is 0 Å². The number of aromatic nitrogens is 1. The largest absolute Gasteiger partial charge is 0.385 e. The smallest absolute Gasteiger partial charge is 0.219 e. The van der Waals surface area contributed by atoms with E-state index < -0.39 is 0 Å². The maximum absolute atomic E-state index is 13.3. The van der Waals surface area contributed by atoms with Crippen LogP contribution in [-0.4, -0.2) is 35.6 Å². The van der Waals surface area contributed by atoms with Crippen molar-refractivity contribution in [2.45, 2.75) is 26.4 Å². The van der Waals surface area contributed by atoms with Crippen molar-refractivity contribution >= 4 is 5.91 Å². The summed E-state index contributed by atoms with van der Waals surface area (Å²) in [5, 5.41) is 0. The van der Waals surface area contributed by atoms with E-state index in [2.05, 4.69) is 0 Å². The highest BCUT2D eigenvalue weighted by Crippen LogP contribution is 2.12. The molecule has 1 amide bonds. The van der Waals surface area contributed by atoms with Gasteiger partial charge in [0.25, 0.3) is 0 Å². The molecule has 0 atom stereocenters. The highest BCUT2D eigenvalue weighted by molar-refractivity contribution is 5.73. The van der Waals surface area contributed by atoms with Gasteiger partial charge < -0.3 is 14.2 Å². The summed E-state index contributed by atoms with van der Waals surface area (Å²) in [5.74, 6) is -0.194. The first kappa shape index (κ1) is 17.2. The second-order valence-electron chi connectivity index (χ2n) is 5.54. The lowest BCUT2D eigenvalue weighted by Gasteiger charge is -2.22. The molecule has 1 aromatic heterocycles. The molecule has 0 fully saturated rings. The van der Waals surface area contributed by atoms with E-state index in [1.54, 1.807) is 25.0 Å². The molecule has 0 radical (unpaired) electrons. The van der Waals surface area contributed by atoms with Crippen LogP contribution in [0.4, 0.5) is 4.39 Å². The van der Waals surface area contributed by atoms with Crippen molar-refractivity contribution in [1.29, 1.82) is 0 Å². The van der Waals surface area contributed by atoms with Gasteiger partial charge in [-0.05, 0) is 36.2 Å². The average molecular weight is 318 g/mol. The summed E-state index contributed by atoms with van der Waals surface area (Å²) < 4.78 is 20.4. The Morgan fingerprint density at radius 3 is 2.83 bits per heavy atom. The Kier molecular flexibility index (Phi) is 6.35. The Balaban J connectivity index is 2.05. The Bertz CT molecular complexity index is 639. The topological polar surface area (TPSA) is 34.5 Å². The van der Waals surface area contributed by atoms with Crippen LogP contribution in [0.15, 0.2) is 42.6 Å².